The molecule has 0 unspecified atom stereocenters. The van der Waals surface area contributed by atoms with Gasteiger partial charge >= 0.3 is 0 Å². The van der Waals surface area contributed by atoms with Crippen LogP contribution in [0.25, 0.3) is 0 Å². The van der Waals surface area contributed by atoms with E-state index in [9.17, 15) is 9.59 Å². The Hall–Kier alpha value is -1.52. The zero-order valence-corrected chi connectivity index (χ0v) is 10.7. The molecule has 0 aliphatic carbocycles. The predicted octanol–water partition coefficient (Wildman–Crippen LogP) is 1.93. The number of Topliss-reactive ketones (excluding diaryl/α,β-unsaturated/α-hetero) is 2. The Balaban J connectivity index is 2.72. The van der Waals surface area contributed by atoms with Crippen molar-refractivity contribution in [2.24, 2.45) is 0 Å². The third-order valence-electron chi connectivity index (χ3n) is 2.50. The van der Waals surface area contributed by atoms with Crippen LogP contribution in [-0.4, -0.2) is 39.0 Å². The first kappa shape index (κ1) is 14.5. The summed E-state index contributed by atoms with van der Waals surface area (Å²) in [4.78, 5) is 23.5. The lowest BCUT2D eigenvalue weighted by Crippen LogP contribution is -2.07. The maximum Gasteiger partial charge on any atom is 0.165 e. The van der Waals surface area contributed by atoms with E-state index in [-0.39, 0.29) is 11.6 Å². The molecular weight excluding hydrogens is 232 g/mol. The third kappa shape index (κ3) is 4.39. The fourth-order valence-corrected chi connectivity index (χ4v) is 1.47. The summed E-state index contributed by atoms with van der Waals surface area (Å²) in [7, 11) is 3.09. The van der Waals surface area contributed by atoms with Gasteiger partial charge in [-0.3, -0.25) is 9.59 Å². The number of ether oxygens (including phenoxy) is 2. The molecule has 0 atom stereocenters. The number of methoxy groups -OCH3 is 2. The maximum absolute atomic E-state index is 11.8. The molecule has 4 nitrogen and oxygen atoms in total. The fraction of sp³-hybridized carbons (Fsp3) is 0.429. The molecule has 0 bridgehead atoms. The van der Waals surface area contributed by atoms with E-state index in [1.165, 1.54) is 0 Å². The summed E-state index contributed by atoms with van der Waals surface area (Å²) in [6.45, 7) is 0.751. The van der Waals surface area contributed by atoms with Gasteiger partial charge in [0.1, 0.15) is 0 Å². The number of ketones is 2. The number of benzene rings is 1. The summed E-state index contributed by atoms with van der Waals surface area (Å²) >= 11 is 0. The smallest absolute Gasteiger partial charge is 0.165 e. The molecular formula is C14H17O4. The van der Waals surface area contributed by atoms with Crippen molar-refractivity contribution in [2.75, 3.05) is 27.4 Å². The van der Waals surface area contributed by atoms with Crippen LogP contribution < -0.4 is 0 Å². The van der Waals surface area contributed by atoms with Gasteiger partial charge < -0.3 is 9.47 Å². The van der Waals surface area contributed by atoms with Gasteiger partial charge in [-0.25, -0.2) is 0 Å². The predicted molar refractivity (Wildman–Crippen MR) is 66.9 cm³/mol. The highest BCUT2D eigenvalue weighted by Gasteiger charge is 2.10. The summed E-state index contributed by atoms with van der Waals surface area (Å²) in [5.74, 6) is -0.0935. The standard InChI is InChI=1S/C14H17O4/c1-17-8-6-13(15)11-4-3-5-12(10-11)14(16)7-9-18-2/h4-5,10H,6-9H2,1-2H3. The van der Waals surface area contributed by atoms with Gasteiger partial charge in [-0.05, 0) is 24.3 Å². The average molecular weight is 249 g/mol. The zero-order valence-electron chi connectivity index (χ0n) is 10.7. The second-order valence-electron chi connectivity index (χ2n) is 3.84. The van der Waals surface area contributed by atoms with E-state index in [1.807, 2.05) is 0 Å². The molecule has 97 valence electrons. The van der Waals surface area contributed by atoms with Crippen molar-refractivity contribution in [2.45, 2.75) is 12.8 Å². The number of rotatable bonds is 8. The SMILES string of the molecule is COCCC(=O)c1c[c]cc(C(=O)CCOC)c1. The van der Waals surface area contributed by atoms with Crippen LogP contribution in [0.3, 0.4) is 0 Å². The van der Waals surface area contributed by atoms with Gasteiger partial charge in [0.25, 0.3) is 0 Å². The molecule has 0 saturated carbocycles. The van der Waals surface area contributed by atoms with Gasteiger partial charge in [-0.2, -0.15) is 0 Å². The molecule has 1 rings (SSSR count). The van der Waals surface area contributed by atoms with Crippen molar-refractivity contribution in [3.8, 4) is 0 Å². The van der Waals surface area contributed by atoms with E-state index in [1.54, 1.807) is 32.4 Å². The number of carbonyl (C=O) groups is 2. The van der Waals surface area contributed by atoms with Crippen LogP contribution >= 0.6 is 0 Å². The molecule has 0 amide bonds. The van der Waals surface area contributed by atoms with Crippen LogP contribution in [0.2, 0.25) is 0 Å². The first-order valence-corrected chi connectivity index (χ1v) is 5.74. The molecule has 0 N–H and O–H groups in total. The first-order chi connectivity index (χ1) is 8.69. The van der Waals surface area contributed by atoms with Crippen LogP contribution in [0, 0.1) is 6.07 Å². The van der Waals surface area contributed by atoms with Crippen LogP contribution in [-0.2, 0) is 9.47 Å². The monoisotopic (exact) mass is 249 g/mol. The summed E-state index contributed by atoms with van der Waals surface area (Å²) in [5.41, 5.74) is 0.991. The van der Waals surface area contributed by atoms with Gasteiger partial charge in [0.2, 0.25) is 0 Å². The first-order valence-electron chi connectivity index (χ1n) is 5.74. The van der Waals surface area contributed by atoms with Crippen molar-refractivity contribution in [1.29, 1.82) is 0 Å². The van der Waals surface area contributed by atoms with Gasteiger partial charge in [-0.1, -0.05) is 0 Å². The Morgan fingerprint density at radius 2 is 1.44 bits per heavy atom. The van der Waals surface area contributed by atoms with Crippen molar-refractivity contribution in [3.05, 3.63) is 35.4 Å². The molecule has 0 fully saturated rings. The minimum atomic E-state index is -0.0468. The summed E-state index contributed by atoms with van der Waals surface area (Å²) in [6.07, 6.45) is 0.611. The van der Waals surface area contributed by atoms with E-state index in [2.05, 4.69) is 6.07 Å². The second kappa shape index (κ2) is 7.74. The average Bonchev–Trinajstić information content (AvgIpc) is 2.42. The highest BCUT2D eigenvalue weighted by atomic mass is 16.5. The molecule has 0 aromatic heterocycles. The summed E-state index contributed by atoms with van der Waals surface area (Å²) in [5, 5.41) is 0. The Kier molecular flexibility index (Phi) is 6.25. The second-order valence-corrected chi connectivity index (χ2v) is 3.84. The van der Waals surface area contributed by atoms with Gasteiger partial charge in [0.15, 0.2) is 11.6 Å². The number of carbonyl (C=O) groups excluding carboxylic acids is 2. The largest absolute Gasteiger partial charge is 0.384 e. The molecule has 0 heterocycles. The van der Waals surface area contributed by atoms with Crippen LogP contribution in [0.1, 0.15) is 33.6 Å². The van der Waals surface area contributed by atoms with Gasteiger partial charge in [-0.15, -0.1) is 0 Å². The van der Waals surface area contributed by atoms with E-state index in [0.717, 1.165) is 0 Å². The quantitative estimate of drug-likeness (QED) is 0.660. The van der Waals surface area contributed by atoms with Crippen LogP contribution in [0.4, 0.5) is 0 Å². The fourth-order valence-electron chi connectivity index (χ4n) is 1.47. The lowest BCUT2D eigenvalue weighted by molar-refractivity contribution is 0.0931. The molecule has 0 spiro atoms. The van der Waals surface area contributed by atoms with Crippen molar-refractivity contribution in [3.63, 3.8) is 0 Å². The van der Waals surface area contributed by atoms with Crippen LogP contribution in [0.15, 0.2) is 18.2 Å². The van der Waals surface area contributed by atoms with Crippen molar-refractivity contribution in [1.82, 2.24) is 0 Å². The molecule has 1 radical (unpaired) electrons. The Morgan fingerprint density at radius 1 is 1.00 bits per heavy atom. The normalized spacial score (nSPS) is 10.3. The molecule has 1 aromatic carbocycles. The summed E-state index contributed by atoms with van der Waals surface area (Å²) in [6, 6.07) is 7.60. The zero-order chi connectivity index (χ0) is 13.4. The molecule has 1 aromatic rings. The Bertz CT molecular complexity index is 377. The van der Waals surface area contributed by atoms with Crippen molar-refractivity contribution >= 4 is 11.6 Å². The van der Waals surface area contributed by atoms with Crippen molar-refractivity contribution < 1.29 is 19.1 Å². The molecule has 0 aliphatic heterocycles. The lowest BCUT2D eigenvalue weighted by Gasteiger charge is -2.04. The van der Waals surface area contributed by atoms with E-state index < -0.39 is 0 Å². The Labute approximate surface area is 107 Å². The number of hydrogen-bond donors (Lipinski definition) is 0. The van der Waals surface area contributed by atoms with Gasteiger partial charge in [0.05, 0.1) is 13.2 Å². The third-order valence-corrected chi connectivity index (χ3v) is 2.50. The molecule has 18 heavy (non-hydrogen) atoms. The molecule has 4 heteroatoms. The Morgan fingerprint density at radius 3 is 1.83 bits per heavy atom. The summed E-state index contributed by atoms with van der Waals surface area (Å²) < 4.78 is 9.70. The highest BCUT2D eigenvalue weighted by Crippen LogP contribution is 2.10. The van der Waals surface area contributed by atoms with E-state index >= 15 is 0 Å². The van der Waals surface area contributed by atoms with E-state index in [4.69, 9.17) is 9.47 Å². The maximum atomic E-state index is 11.8. The van der Waals surface area contributed by atoms with Gasteiger partial charge in [0, 0.05) is 38.2 Å². The molecule has 0 aliphatic rings. The lowest BCUT2D eigenvalue weighted by atomic mass is 10.0. The van der Waals surface area contributed by atoms with Crippen LogP contribution in [0.5, 0.6) is 0 Å². The topological polar surface area (TPSA) is 52.6 Å². The molecule has 0 saturated heterocycles. The minimum Gasteiger partial charge on any atom is -0.384 e. The van der Waals surface area contributed by atoms with E-state index in [0.29, 0.717) is 37.2 Å². The number of hydrogen-bond acceptors (Lipinski definition) is 4. The minimum absolute atomic E-state index is 0.0468. The highest BCUT2D eigenvalue weighted by molar-refractivity contribution is 6.01.